The van der Waals surface area contributed by atoms with Crippen LogP contribution in [-0.2, 0) is 4.79 Å². The number of ether oxygens (including phenoxy) is 2. The van der Waals surface area contributed by atoms with Gasteiger partial charge in [0.15, 0.2) is 5.78 Å². The molecular formula is C53H84O4. The summed E-state index contributed by atoms with van der Waals surface area (Å²) in [4.78, 5) is 12.4. The van der Waals surface area contributed by atoms with Crippen LogP contribution in [0.1, 0.15) is 218 Å². The van der Waals surface area contributed by atoms with Crippen molar-refractivity contribution in [3.05, 3.63) is 83.6 Å². The zero-order valence-corrected chi connectivity index (χ0v) is 36.8. The molecule has 0 aliphatic rings. The third kappa shape index (κ3) is 30.5. The number of allylic oxidation sites excluding steroid dienone is 3. The van der Waals surface area contributed by atoms with Gasteiger partial charge < -0.3 is 14.6 Å². The highest BCUT2D eigenvalue weighted by Crippen LogP contribution is 2.18. The second-order valence-corrected chi connectivity index (χ2v) is 16.4. The minimum absolute atomic E-state index is 0.0827. The number of hydrogen-bond acceptors (Lipinski definition) is 4. The molecule has 0 spiro atoms. The van der Waals surface area contributed by atoms with E-state index >= 15 is 0 Å². The lowest BCUT2D eigenvalue weighted by Crippen LogP contribution is -1.97. The monoisotopic (exact) mass is 785 g/mol. The Morgan fingerprint density at radius 2 is 0.702 bits per heavy atom. The first-order chi connectivity index (χ1) is 28.1. The van der Waals surface area contributed by atoms with Crippen molar-refractivity contribution >= 4 is 17.9 Å². The predicted octanol–water partition coefficient (Wildman–Crippen LogP) is 16.9. The highest BCUT2D eigenvalue weighted by molar-refractivity contribution is 6.02. The van der Waals surface area contributed by atoms with Crippen LogP contribution in [0.25, 0.3) is 12.2 Å². The quantitative estimate of drug-likeness (QED) is 0.0317. The Morgan fingerprint density at radius 3 is 1.02 bits per heavy atom. The normalized spacial score (nSPS) is 11.9. The molecule has 0 aromatic heterocycles. The van der Waals surface area contributed by atoms with E-state index in [1.54, 1.807) is 18.2 Å². The first-order valence-electron chi connectivity index (χ1n) is 23.9. The minimum atomic E-state index is -0.270. The first kappa shape index (κ1) is 49.9. The molecule has 0 heterocycles. The summed E-state index contributed by atoms with van der Waals surface area (Å²) in [6.07, 6.45) is 48.6. The van der Waals surface area contributed by atoms with E-state index in [0.717, 1.165) is 48.7 Å². The van der Waals surface area contributed by atoms with E-state index < -0.39 is 0 Å². The van der Waals surface area contributed by atoms with Crippen molar-refractivity contribution < 1.29 is 19.4 Å². The molecule has 2 aromatic carbocycles. The Bertz CT molecular complexity index is 1290. The predicted molar refractivity (Wildman–Crippen MR) is 248 cm³/mol. The number of ketones is 1. The van der Waals surface area contributed by atoms with Crippen molar-refractivity contribution in [3.63, 3.8) is 0 Å². The summed E-state index contributed by atoms with van der Waals surface area (Å²) >= 11 is 0. The van der Waals surface area contributed by atoms with Crippen LogP contribution in [0.2, 0.25) is 0 Å². The van der Waals surface area contributed by atoms with Crippen LogP contribution in [0.5, 0.6) is 11.5 Å². The Balaban J connectivity index is 1.47. The first-order valence-corrected chi connectivity index (χ1v) is 23.9. The third-order valence-corrected chi connectivity index (χ3v) is 11.0. The van der Waals surface area contributed by atoms with Gasteiger partial charge in [0, 0.05) is 6.08 Å². The third-order valence-electron chi connectivity index (χ3n) is 11.0. The minimum Gasteiger partial charge on any atom is -0.508 e. The number of aliphatic hydroxyl groups is 1. The second kappa shape index (κ2) is 37.0. The number of aliphatic hydroxyl groups excluding tert-OH is 1. The summed E-state index contributed by atoms with van der Waals surface area (Å²) in [6.45, 7) is 6.04. The highest BCUT2D eigenvalue weighted by Gasteiger charge is 2.00. The molecule has 0 aliphatic heterocycles. The van der Waals surface area contributed by atoms with E-state index in [4.69, 9.17) is 9.47 Å². The molecule has 320 valence electrons. The molecule has 0 saturated heterocycles. The molecule has 0 saturated carbocycles. The lowest BCUT2D eigenvalue weighted by molar-refractivity contribution is -0.110. The molecule has 0 atom stereocenters. The van der Waals surface area contributed by atoms with Crippen LogP contribution >= 0.6 is 0 Å². The molecule has 2 rings (SSSR count). The van der Waals surface area contributed by atoms with Gasteiger partial charge in [-0.1, -0.05) is 230 Å². The largest absolute Gasteiger partial charge is 0.508 e. The van der Waals surface area contributed by atoms with Crippen LogP contribution < -0.4 is 9.47 Å². The van der Waals surface area contributed by atoms with Gasteiger partial charge in [-0.3, -0.25) is 4.79 Å². The summed E-state index contributed by atoms with van der Waals surface area (Å²) in [5, 5.41) is 10.3. The fraction of sp³-hybridized carbons (Fsp3) is 0.642. The Kier molecular flexibility index (Phi) is 32.4. The maximum Gasteiger partial charge on any atom is 0.182 e. The van der Waals surface area contributed by atoms with Crippen molar-refractivity contribution in [2.75, 3.05) is 13.2 Å². The SMILES string of the molecule is CCCCCCCCCCCCCCCCCOc1ccc(/C=C/C(=O)/C=C(O)/C=C/c2ccc(OCCCCCCCCCCCCCCCCC)cc2)cc1. The molecule has 57 heavy (non-hydrogen) atoms. The van der Waals surface area contributed by atoms with E-state index in [2.05, 4.69) is 13.8 Å². The maximum atomic E-state index is 12.4. The van der Waals surface area contributed by atoms with E-state index in [-0.39, 0.29) is 11.5 Å². The van der Waals surface area contributed by atoms with Gasteiger partial charge in [-0.25, -0.2) is 0 Å². The standard InChI is InChI=1S/C53H84O4/c1-3-5-7-9-11-13-15-17-19-21-23-25-27-29-31-45-56-52-41-35-48(36-42-52)33-39-50(54)47-51(55)40-34-49-37-43-53(44-38-49)57-46-32-30-28-26-24-22-20-18-16-14-12-10-8-6-4-2/h33-44,47,54H,3-32,45-46H2,1-2H3/b39-33+,40-34+,50-47-. The maximum absolute atomic E-state index is 12.4. The smallest absolute Gasteiger partial charge is 0.182 e. The van der Waals surface area contributed by atoms with Gasteiger partial charge in [0.2, 0.25) is 0 Å². The van der Waals surface area contributed by atoms with E-state index in [9.17, 15) is 9.90 Å². The Morgan fingerprint density at radius 1 is 0.421 bits per heavy atom. The van der Waals surface area contributed by atoms with Crippen molar-refractivity contribution in [3.8, 4) is 11.5 Å². The summed E-state index contributed by atoms with van der Waals surface area (Å²) in [5.74, 6) is 1.36. The molecule has 0 radical (unpaired) electrons. The van der Waals surface area contributed by atoms with Gasteiger partial charge >= 0.3 is 0 Å². The number of hydrogen-bond donors (Lipinski definition) is 1. The van der Waals surface area contributed by atoms with Crippen molar-refractivity contribution in [2.45, 2.75) is 206 Å². The van der Waals surface area contributed by atoms with Gasteiger partial charge in [-0.05, 0) is 60.4 Å². The summed E-state index contributed by atoms with van der Waals surface area (Å²) in [7, 11) is 0. The molecule has 0 amide bonds. The Hall–Kier alpha value is -3.27. The number of carbonyl (C=O) groups excluding carboxylic acids is 1. The van der Waals surface area contributed by atoms with Gasteiger partial charge in [0.25, 0.3) is 0 Å². The van der Waals surface area contributed by atoms with Crippen molar-refractivity contribution in [1.29, 1.82) is 0 Å². The second-order valence-electron chi connectivity index (χ2n) is 16.4. The summed E-state index contributed by atoms with van der Waals surface area (Å²) in [5.41, 5.74) is 1.84. The van der Waals surface area contributed by atoms with Crippen molar-refractivity contribution in [2.24, 2.45) is 0 Å². The fourth-order valence-electron chi connectivity index (χ4n) is 7.28. The molecule has 0 unspecified atom stereocenters. The van der Waals surface area contributed by atoms with Gasteiger partial charge in [-0.15, -0.1) is 0 Å². The number of rotatable bonds is 39. The van der Waals surface area contributed by atoms with Crippen LogP contribution in [0, 0.1) is 0 Å². The van der Waals surface area contributed by atoms with E-state index in [1.807, 2.05) is 48.5 Å². The molecule has 1 N–H and O–H groups in total. The zero-order chi connectivity index (χ0) is 40.7. The molecule has 4 nitrogen and oxygen atoms in total. The average molecular weight is 785 g/mol. The van der Waals surface area contributed by atoms with Gasteiger partial charge in [0.1, 0.15) is 17.3 Å². The average Bonchev–Trinajstić information content (AvgIpc) is 3.22. The number of carbonyl (C=O) groups is 1. The molecular weight excluding hydrogens is 701 g/mol. The lowest BCUT2D eigenvalue weighted by atomic mass is 10.0. The lowest BCUT2D eigenvalue weighted by Gasteiger charge is -2.07. The molecule has 0 aliphatic carbocycles. The number of unbranched alkanes of at least 4 members (excludes halogenated alkanes) is 28. The summed E-state index contributed by atoms with van der Waals surface area (Å²) in [6, 6.07) is 15.6. The van der Waals surface area contributed by atoms with Crippen LogP contribution in [-0.4, -0.2) is 24.1 Å². The van der Waals surface area contributed by atoms with E-state index in [0.29, 0.717) is 0 Å². The Labute approximate surface area is 351 Å². The van der Waals surface area contributed by atoms with Crippen LogP contribution in [0.4, 0.5) is 0 Å². The molecule has 0 bridgehead atoms. The number of benzene rings is 2. The molecule has 4 heteroatoms. The molecule has 0 fully saturated rings. The van der Waals surface area contributed by atoms with Crippen LogP contribution in [0.3, 0.4) is 0 Å². The zero-order valence-electron chi connectivity index (χ0n) is 36.8. The highest BCUT2D eigenvalue weighted by atomic mass is 16.5. The van der Waals surface area contributed by atoms with Crippen LogP contribution in [0.15, 0.2) is 72.5 Å². The van der Waals surface area contributed by atoms with Gasteiger partial charge in [-0.2, -0.15) is 0 Å². The molecule has 2 aromatic rings. The van der Waals surface area contributed by atoms with E-state index in [1.165, 1.54) is 192 Å². The van der Waals surface area contributed by atoms with Crippen molar-refractivity contribution in [1.82, 2.24) is 0 Å². The summed E-state index contributed by atoms with van der Waals surface area (Å²) < 4.78 is 11.9. The fourth-order valence-corrected chi connectivity index (χ4v) is 7.28. The van der Waals surface area contributed by atoms with Gasteiger partial charge in [0.05, 0.1) is 13.2 Å². The topological polar surface area (TPSA) is 55.8 Å².